The minimum Gasteiger partial charge on any atom is -0.347 e. The summed E-state index contributed by atoms with van der Waals surface area (Å²) in [5.41, 5.74) is 7.18. The molecule has 2 saturated heterocycles. The summed E-state index contributed by atoms with van der Waals surface area (Å²) >= 11 is 0. The fourth-order valence-electron chi connectivity index (χ4n) is 3.36. The van der Waals surface area contributed by atoms with Crippen molar-refractivity contribution in [2.75, 3.05) is 32.8 Å². The number of rotatable bonds is 4. The molecule has 0 aliphatic carbocycles. The lowest BCUT2D eigenvalue weighted by Gasteiger charge is -2.41. The fourth-order valence-corrected chi connectivity index (χ4v) is 3.36. The summed E-state index contributed by atoms with van der Waals surface area (Å²) in [6, 6.07) is 11.1. The highest BCUT2D eigenvalue weighted by Crippen LogP contribution is 2.35. The van der Waals surface area contributed by atoms with Crippen molar-refractivity contribution in [3.05, 3.63) is 35.9 Å². The summed E-state index contributed by atoms with van der Waals surface area (Å²) < 4.78 is 11.6. The molecule has 2 fully saturated rings. The first-order valence-electron chi connectivity index (χ1n) is 7.60. The molecule has 1 atom stereocenters. The van der Waals surface area contributed by atoms with Crippen LogP contribution in [0.25, 0.3) is 0 Å². The van der Waals surface area contributed by atoms with Crippen molar-refractivity contribution in [3.8, 4) is 0 Å². The Balaban J connectivity index is 1.67. The van der Waals surface area contributed by atoms with Crippen molar-refractivity contribution >= 4 is 0 Å². The van der Waals surface area contributed by atoms with Crippen molar-refractivity contribution < 1.29 is 9.47 Å². The standard InChI is InChI=1S/C16H24N2O2/c17-9-6-15(14-4-2-1-3-5-14)18-10-7-16(8-11-18)19-12-13-20-16/h1-5,15H,6-13,17H2. The second-order valence-corrected chi connectivity index (χ2v) is 5.65. The highest BCUT2D eigenvalue weighted by molar-refractivity contribution is 5.19. The Morgan fingerprint density at radius 3 is 2.35 bits per heavy atom. The summed E-state index contributed by atoms with van der Waals surface area (Å²) in [7, 11) is 0. The van der Waals surface area contributed by atoms with Crippen LogP contribution in [0, 0.1) is 0 Å². The van der Waals surface area contributed by atoms with Crippen LogP contribution in [0.2, 0.25) is 0 Å². The molecule has 2 aliphatic rings. The maximum Gasteiger partial charge on any atom is 0.170 e. The Labute approximate surface area is 120 Å². The molecule has 1 aromatic carbocycles. The van der Waals surface area contributed by atoms with E-state index >= 15 is 0 Å². The van der Waals surface area contributed by atoms with E-state index in [9.17, 15) is 0 Å². The minimum absolute atomic E-state index is 0.291. The van der Waals surface area contributed by atoms with Gasteiger partial charge in [0.2, 0.25) is 0 Å². The fraction of sp³-hybridized carbons (Fsp3) is 0.625. The number of likely N-dealkylation sites (tertiary alicyclic amines) is 1. The van der Waals surface area contributed by atoms with Crippen molar-refractivity contribution in [3.63, 3.8) is 0 Å². The van der Waals surface area contributed by atoms with Crippen LogP contribution >= 0.6 is 0 Å². The molecule has 0 saturated carbocycles. The van der Waals surface area contributed by atoms with Gasteiger partial charge < -0.3 is 15.2 Å². The van der Waals surface area contributed by atoms with Crippen molar-refractivity contribution in [2.24, 2.45) is 5.73 Å². The van der Waals surface area contributed by atoms with E-state index < -0.39 is 0 Å². The molecule has 0 aromatic heterocycles. The lowest BCUT2D eigenvalue weighted by molar-refractivity contribution is -0.188. The monoisotopic (exact) mass is 276 g/mol. The third-order valence-corrected chi connectivity index (χ3v) is 4.44. The van der Waals surface area contributed by atoms with Crippen LogP contribution < -0.4 is 5.73 Å². The molecular weight excluding hydrogens is 252 g/mol. The molecule has 110 valence electrons. The van der Waals surface area contributed by atoms with Crippen molar-refractivity contribution in [1.82, 2.24) is 4.90 Å². The molecule has 1 spiro atoms. The van der Waals surface area contributed by atoms with Gasteiger partial charge in [0.15, 0.2) is 5.79 Å². The van der Waals surface area contributed by atoms with Crippen molar-refractivity contribution in [2.45, 2.75) is 31.1 Å². The quantitative estimate of drug-likeness (QED) is 0.912. The number of hydrogen-bond acceptors (Lipinski definition) is 4. The molecule has 4 nitrogen and oxygen atoms in total. The van der Waals surface area contributed by atoms with Crippen LogP contribution in [0.5, 0.6) is 0 Å². The first-order chi connectivity index (χ1) is 9.83. The lowest BCUT2D eigenvalue weighted by atomic mass is 9.96. The molecular formula is C16H24N2O2. The normalized spacial score (nSPS) is 24.1. The molecule has 0 radical (unpaired) electrons. The Bertz CT molecular complexity index is 408. The molecule has 0 amide bonds. The molecule has 1 unspecified atom stereocenters. The van der Waals surface area contributed by atoms with Gasteiger partial charge in [-0.15, -0.1) is 0 Å². The summed E-state index contributed by atoms with van der Waals surface area (Å²) in [5.74, 6) is -0.291. The van der Waals surface area contributed by atoms with Crippen molar-refractivity contribution in [1.29, 1.82) is 0 Å². The van der Waals surface area contributed by atoms with E-state index in [2.05, 4.69) is 35.2 Å². The van der Waals surface area contributed by atoms with Gasteiger partial charge in [-0.1, -0.05) is 30.3 Å². The Kier molecular flexibility index (Phi) is 4.36. The summed E-state index contributed by atoms with van der Waals surface area (Å²) in [6.07, 6.45) is 2.92. The zero-order chi connectivity index (χ0) is 13.8. The minimum atomic E-state index is -0.291. The largest absolute Gasteiger partial charge is 0.347 e. The SMILES string of the molecule is NCCC(c1ccccc1)N1CCC2(CC1)OCCO2. The van der Waals surface area contributed by atoms with Crippen LogP contribution in [-0.4, -0.2) is 43.5 Å². The molecule has 2 aliphatic heterocycles. The molecule has 2 heterocycles. The van der Waals surface area contributed by atoms with Crippen LogP contribution in [0.1, 0.15) is 30.9 Å². The van der Waals surface area contributed by atoms with Crippen LogP contribution in [0.3, 0.4) is 0 Å². The lowest BCUT2D eigenvalue weighted by Crippen LogP contribution is -2.46. The molecule has 4 heteroatoms. The summed E-state index contributed by atoms with van der Waals surface area (Å²) in [4.78, 5) is 2.53. The second kappa shape index (κ2) is 6.22. The number of nitrogens with two attached hydrogens (primary N) is 1. The Morgan fingerprint density at radius 1 is 1.10 bits per heavy atom. The number of ether oxygens (including phenoxy) is 2. The zero-order valence-corrected chi connectivity index (χ0v) is 12.0. The van der Waals surface area contributed by atoms with Gasteiger partial charge in [-0.3, -0.25) is 4.90 Å². The van der Waals surface area contributed by atoms with Gasteiger partial charge in [-0.25, -0.2) is 0 Å². The predicted octanol–water partition coefficient (Wildman–Crippen LogP) is 1.92. The number of nitrogens with zero attached hydrogens (tertiary/aromatic N) is 1. The van der Waals surface area contributed by atoms with Crippen LogP contribution in [0.4, 0.5) is 0 Å². The third kappa shape index (κ3) is 2.88. The Hall–Kier alpha value is -0.940. The van der Waals surface area contributed by atoms with E-state index in [0.717, 1.165) is 45.6 Å². The average Bonchev–Trinajstić information content (AvgIpc) is 2.95. The maximum atomic E-state index is 5.81. The van der Waals surface area contributed by atoms with Crippen LogP contribution in [-0.2, 0) is 9.47 Å². The van der Waals surface area contributed by atoms with E-state index in [1.54, 1.807) is 0 Å². The Morgan fingerprint density at radius 2 is 1.75 bits per heavy atom. The number of hydrogen-bond donors (Lipinski definition) is 1. The zero-order valence-electron chi connectivity index (χ0n) is 12.0. The topological polar surface area (TPSA) is 47.7 Å². The summed E-state index contributed by atoms with van der Waals surface area (Å²) in [6.45, 7) is 4.23. The number of piperidine rings is 1. The van der Waals surface area contributed by atoms with Gasteiger partial charge in [-0.05, 0) is 18.5 Å². The van der Waals surface area contributed by atoms with E-state index in [0.29, 0.717) is 12.6 Å². The second-order valence-electron chi connectivity index (χ2n) is 5.65. The number of benzene rings is 1. The maximum absolute atomic E-state index is 5.81. The first kappa shape index (κ1) is 14.0. The van der Waals surface area contributed by atoms with Gasteiger partial charge in [0.25, 0.3) is 0 Å². The third-order valence-electron chi connectivity index (χ3n) is 4.44. The van der Waals surface area contributed by atoms with Crippen LogP contribution in [0.15, 0.2) is 30.3 Å². The molecule has 2 N–H and O–H groups in total. The predicted molar refractivity (Wildman–Crippen MR) is 78.3 cm³/mol. The highest BCUT2D eigenvalue weighted by atomic mass is 16.7. The smallest absolute Gasteiger partial charge is 0.170 e. The van der Waals surface area contributed by atoms with E-state index in [1.165, 1.54) is 5.56 Å². The van der Waals surface area contributed by atoms with E-state index in [1.807, 2.05) is 0 Å². The summed E-state index contributed by atoms with van der Waals surface area (Å²) in [5, 5.41) is 0. The van der Waals surface area contributed by atoms with E-state index in [4.69, 9.17) is 15.2 Å². The van der Waals surface area contributed by atoms with Gasteiger partial charge in [0, 0.05) is 32.0 Å². The van der Waals surface area contributed by atoms with Gasteiger partial charge in [0.05, 0.1) is 13.2 Å². The average molecular weight is 276 g/mol. The first-order valence-corrected chi connectivity index (χ1v) is 7.60. The highest BCUT2D eigenvalue weighted by Gasteiger charge is 2.41. The van der Waals surface area contributed by atoms with Gasteiger partial charge in [-0.2, -0.15) is 0 Å². The molecule has 20 heavy (non-hydrogen) atoms. The molecule has 0 bridgehead atoms. The molecule has 1 aromatic rings. The van der Waals surface area contributed by atoms with Gasteiger partial charge >= 0.3 is 0 Å². The van der Waals surface area contributed by atoms with Gasteiger partial charge in [0.1, 0.15) is 0 Å². The van der Waals surface area contributed by atoms with E-state index in [-0.39, 0.29) is 5.79 Å². The molecule has 3 rings (SSSR count).